The number of piperazine rings is 1. The molecule has 2 aliphatic rings. The van der Waals surface area contributed by atoms with Gasteiger partial charge in [0.1, 0.15) is 23.7 Å². The molecule has 0 aliphatic carbocycles. The predicted molar refractivity (Wildman–Crippen MR) is 117 cm³/mol. The minimum Gasteiger partial charge on any atom is -0.354 e. The van der Waals surface area contributed by atoms with Crippen molar-refractivity contribution < 1.29 is 14.0 Å². The highest BCUT2D eigenvalue weighted by molar-refractivity contribution is 5.99. The average Bonchev–Trinajstić information content (AvgIpc) is 3.21. The van der Waals surface area contributed by atoms with E-state index in [4.69, 9.17) is 0 Å². The van der Waals surface area contributed by atoms with Crippen molar-refractivity contribution >= 4 is 17.6 Å². The van der Waals surface area contributed by atoms with Crippen molar-refractivity contribution in [2.24, 2.45) is 0 Å². The van der Waals surface area contributed by atoms with Gasteiger partial charge in [-0.1, -0.05) is 31.2 Å². The van der Waals surface area contributed by atoms with Gasteiger partial charge in [0.2, 0.25) is 5.91 Å². The lowest BCUT2D eigenvalue weighted by Gasteiger charge is -2.48. The van der Waals surface area contributed by atoms with E-state index in [0.717, 1.165) is 12.0 Å². The summed E-state index contributed by atoms with van der Waals surface area (Å²) in [6, 6.07) is 11.1. The van der Waals surface area contributed by atoms with Crippen molar-refractivity contribution in [2.75, 3.05) is 24.5 Å². The third-order valence-corrected chi connectivity index (χ3v) is 6.46. The Hall–Kier alpha value is -2.96. The average molecular weight is 425 g/mol. The number of aryl methyl sites for hydroxylation is 1. The quantitative estimate of drug-likeness (QED) is 0.741. The fraction of sp³-hybridized carbons (Fsp3) is 0.458. The first-order valence-electron chi connectivity index (χ1n) is 10.9. The summed E-state index contributed by atoms with van der Waals surface area (Å²) in [7, 11) is 0. The maximum absolute atomic E-state index is 13.7. The number of aromatic nitrogens is 1. The fourth-order valence-corrected chi connectivity index (χ4v) is 4.58. The number of carbonyl (C=O) groups is 2. The molecule has 2 aromatic rings. The molecule has 0 unspecified atom stereocenters. The molecule has 1 aromatic carbocycles. The fourth-order valence-electron chi connectivity index (χ4n) is 4.58. The molecule has 31 heavy (non-hydrogen) atoms. The molecular weight excluding hydrogens is 395 g/mol. The largest absolute Gasteiger partial charge is 0.354 e. The van der Waals surface area contributed by atoms with Crippen LogP contribution in [-0.4, -0.2) is 57.8 Å². The summed E-state index contributed by atoms with van der Waals surface area (Å²) in [5, 5.41) is 0. The number of benzene rings is 1. The summed E-state index contributed by atoms with van der Waals surface area (Å²) in [4.78, 5) is 36.6. The summed E-state index contributed by atoms with van der Waals surface area (Å²) in [5.41, 5.74) is 1.30. The summed E-state index contributed by atoms with van der Waals surface area (Å²) in [6.07, 6.45) is 2.66. The number of halogens is 1. The number of nitrogens with zero attached hydrogens (tertiary/aromatic N) is 4. The Morgan fingerprint density at radius 3 is 2.42 bits per heavy atom. The standard InChI is InChI=1S/C24H29FN4O2/c1-4-18-5-7-19(8-6-18)14-29-22(30)15-28(17(2)3)23(31)24(29)11-12-27(16-24)21-10-9-20(25)13-26-21/h5-10,13,17H,4,11-12,14-16H2,1-3H3/t24-/m0/s1. The Morgan fingerprint density at radius 2 is 1.81 bits per heavy atom. The molecule has 7 heteroatoms. The summed E-state index contributed by atoms with van der Waals surface area (Å²) in [6.45, 7) is 7.40. The van der Waals surface area contributed by atoms with E-state index in [9.17, 15) is 14.0 Å². The second-order valence-corrected chi connectivity index (χ2v) is 8.71. The van der Waals surface area contributed by atoms with Crippen LogP contribution in [-0.2, 0) is 22.6 Å². The Labute approximate surface area is 182 Å². The minimum atomic E-state index is -0.945. The zero-order chi connectivity index (χ0) is 22.2. The van der Waals surface area contributed by atoms with Crippen molar-refractivity contribution in [3.8, 4) is 0 Å². The third kappa shape index (κ3) is 3.89. The van der Waals surface area contributed by atoms with Crippen LogP contribution in [0.3, 0.4) is 0 Å². The Kier molecular flexibility index (Phi) is 5.69. The molecule has 0 saturated carbocycles. The number of carbonyl (C=O) groups excluding carboxylic acids is 2. The van der Waals surface area contributed by atoms with Gasteiger partial charge in [-0.05, 0) is 49.9 Å². The van der Waals surface area contributed by atoms with Crippen molar-refractivity contribution in [1.82, 2.24) is 14.8 Å². The Balaban J connectivity index is 1.67. The first-order valence-corrected chi connectivity index (χ1v) is 10.9. The predicted octanol–water partition coefficient (Wildman–Crippen LogP) is 3.01. The highest BCUT2D eigenvalue weighted by Gasteiger charge is 2.56. The van der Waals surface area contributed by atoms with Crippen LogP contribution >= 0.6 is 0 Å². The number of rotatable bonds is 5. The van der Waals surface area contributed by atoms with E-state index in [1.807, 2.05) is 30.9 Å². The first-order chi connectivity index (χ1) is 14.8. The smallest absolute Gasteiger partial charge is 0.251 e. The molecule has 0 radical (unpaired) electrons. The molecule has 2 fully saturated rings. The van der Waals surface area contributed by atoms with Crippen molar-refractivity contribution in [2.45, 2.75) is 51.7 Å². The van der Waals surface area contributed by atoms with Gasteiger partial charge in [0, 0.05) is 19.1 Å². The SMILES string of the molecule is CCc1ccc(CN2C(=O)CN(C(C)C)C(=O)[C@@]23CCN(c2ccc(F)cn2)C3)cc1. The van der Waals surface area contributed by atoms with E-state index >= 15 is 0 Å². The van der Waals surface area contributed by atoms with Crippen LogP contribution in [0.5, 0.6) is 0 Å². The second kappa shape index (κ2) is 8.29. The van der Waals surface area contributed by atoms with Crippen LogP contribution in [0.15, 0.2) is 42.6 Å². The first kappa shape index (κ1) is 21.3. The van der Waals surface area contributed by atoms with Gasteiger partial charge in [-0.2, -0.15) is 0 Å². The third-order valence-electron chi connectivity index (χ3n) is 6.46. The molecule has 164 valence electrons. The topological polar surface area (TPSA) is 56.8 Å². The normalized spacial score (nSPS) is 21.6. The zero-order valence-corrected chi connectivity index (χ0v) is 18.3. The van der Waals surface area contributed by atoms with Gasteiger partial charge in [0.25, 0.3) is 5.91 Å². The lowest BCUT2D eigenvalue weighted by atomic mass is 9.89. The molecule has 6 nitrogen and oxygen atoms in total. The van der Waals surface area contributed by atoms with Crippen LogP contribution in [0.4, 0.5) is 10.2 Å². The molecule has 2 amide bonds. The molecule has 3 heterocycles. The van der Waals surface area contributed by atoms with Gasteiger partial charge in [-0.3, -0.25) is 9.59 Å². The van der Waals surface area contributed by atoms with Crippen LogP contribution in [0.25, 0.3) is 0 Å². The van der Waals surface area contributed by atoms with Gasteiger partial charge < -0.3 is 14.7 Å². The lowest BCUT2D eigenvalue weighted by Crippen LogP contribution is -2.69. The molecule has 0 bridgehead atoms. The minimum absolute atomic E-state index is 0.0168. The van der Waals surface area contributed by atoms with Crippen molar-refractivity contribution in [3.05, 3.63) is 59.5 Å². The molecule has 1 aromatic heterocycles. The summed E-state index contributed by atoms with van der Waals surface area (Å²) < 4.78 is 13.3. The number of pyridine rings is 1. The van der Waals surface area contributed by atoms with Crippen molar-refractivity contribution in [1.29, 1.82) is 0 Å². The number of amides is 2. The number of hydrogen-bond acceptors (Lipinski definition) is 4. The highest BCUT2D eigenvalue weighted by Crippen LogP contribution is 2.37. The van der Waals surface area contributed by atoms with Crippen LogP contribution in [0.2, 0.25) is 0 Å². The van der Waals surface area contributed by atoms with E-state index in [1.165, 1.54) is 17.8 Å². The monoisotopic (exact) mass is 424 g/mol. The van der Waals surface area contributed by atoms with Crippen LogP contribution in [0, 0.1) is 5.82 Å². The molecule has 2 saturated heterocycles. The van der Waals surface area contributed by atoms with E-state index in [0.29, 0.717) is 31.9 Å². The molecule has 4 rings (SSSR count). The molecule has 0 N–H and O–H groups in total. The number of hydrogen-bond donors (Lipinski definition) is 0. The van der Waals surface area contributed by atoms with E-state index in [1.54, 1.807) is 15.9 Å². The number of anilines is 1. The highest BCUT2D eigenvalue weighted by atomic mass is 19.1. The van der Waals surface area contributed by atoms with E-state index in [-0.39, 0.29) is 24.4 Å². The maximum atomic E-state index is 13.7. The van der Waals surface area contributed by atoms with Gasteiger partial charge >= 0.3 is 0 Å². The van der Waals surface area contributed by atoms with Gasteiger partial charge in [-0.15, -0.1) is 0 Å². The molecule has 1 atom stereocenters. The van der Waals surface area contributed by atoms with Gasteiger partial charge in [-0.25, -0.2) is 9.37 Å². The molecule has 2 aliphatic heterocycles. The summed E-state index contributed by atoms with van der Waals surface area (Å²) >= 11 is 0. The second-order valence-electron chi connectivity index (χ2n) is 8.71. The van der Waals surface area contributed by atoms with E-state index in [2.05, 4.69) is 24.0 Å². The van der Waals surface area contributed by atoms with E-state index < -0.39 is 11.4 Å². The summed E-state index contributed by atoms with van der Waals surface area (Å²) in [5.74, 6) is 0.163. The Bertz CT molecular complexity index is 961. The molecule has 1 spiro atoms. The molecular formula is C24H29FN4O2. The maximum Gasteiger partial charge on any atom is 0.251 e. The Morgan fingerprint density at radius 1 is 1.10 bits per heavy atom. The van der Waals surface area contributed by atoms with Gasteiger partial charge in [0.05, 0.1) is 12.7 Å². The van der Waals surface area contributed by atoms with Crippen LogP contribution in [0.1, 0.15) is 38.3 Å². The van der Waals surface area contributed by atoms with Crippen molar-refractivity contribution in [3.63, 3.8) is 0 Å². The lowest BCUT2D eigenvalue weighted by molar-refractivity contribution is -0.166. The zero-order valence-electron chi connectivity index (χ0n) is 18.3. The van der Waals surface area contributed by atoms with Gasteiger partial charge in [0.15, 0.2) is 0 Å². The van der Waals surface area contributed by atoms with Crippen LogP contribution < -0.4 is 4.90 Å².